The third-order valence-electron chi connectivity index (χ3n) is 7.90. The van der Waals surface area contributed by atoms with E-state index in [4.69, 9.17) is 14.2 Å². The third-order valence-corrected chi connectivity index (χ3v) is 7.90. The number of hydrogen-bond donors (Lipinski definition) is 0. The molecule has 45 heavy (non-hydrogen) atoms. The first kappa shape index (κ1) is 32.0. The van der Waals surface area contributed by atoms with Gasteiger partial charge in [0.15, 0.2) is 11.6 Å². The molecular formula is C34H42FN5O5. The summed E-state index contributed by atoms with van der Waals surface area (Å²) >= 11 is 0. The Kier molecular flexibility index (Phi) is 9.45. The number of nitrogens with zero attached hydrogens (tertiary/aromatic N) is 5. The zero-order chi connectivity index (χ0) is 32.3. The van der Waals surface area contributed by atoms with Gasteiger partial charge in [-0.2, -0.15) is 0 Å². The van der Waals surface area contributed by atoms with Crippen molar-refractivity contribution in [3.63, 3.8) is 0 Å². The predicted octanol–water partition coefficient (Wildman–Crippen LogP) is 6.58. The zero-order valence-electron chi connectivity index (χ0n) is 26.9. The van der Waals surface area contributed by atoms with Gasteiger partial charge in [-0.3, -0.25) is 9.69 Å². The van der Waals surface area contributed by atoms with Crippen LogP contribution in [0.15, 0.2) is 48.9 Å². The van der Waals surface area contributed by atoms with Crippen molar-refractivity contribution in [3.05, 3.63) is 71.4 Å². The molecule has 0 bridgehead atoms. The van der Waals surface area contributed by atoms with Crippen molar-refractivity contribution < 1.29 is 28.2 Å². The van der Waals surface area contributed by atoms with Crippen molar-refractivity contribution >= 4 is 17.8 Å². The van der Waals surface area contributed by atoms with E-state index in [1.807, 2.05) is 59.7 Å². The molecule has 2 aliphatic rings. The minimum atomic E-state index is -0.559. The van der Waals surface area contributed by atoms with Crippen molar-refractivity contribution in [2.24, 2.45) is 0 Å². The number of ether oxygens (including phenoxy) is 3. The smallest absolute Gasteiger partial charge is 0.410 e. The Morgan fingerprint density at radius 2 is 1.82 bits per heavy atom. The van der Waals surface area contributed by atoms with Crippen LogP contribution in [0.5, 0.6) is 17.2 Å². The van der Waals surface area contributed by atoms with Gasteiger partial charge in [0.25, 0.3) is 5.91 Å². The Bertz CT molecular complexity index is 1530. The molecule has 0 aliphatic carbocycles. The molecule has 1 aromatic heterocycles. The molecule has 0 saturated carbocycles. The molecule has 0 atom stereocenters. The Morgan fingerprint density at radius 3 is 2.51 bits per heavy atom. The van der Waals surface area contributed by atoms with Crippen LogP contribution in [0.3, 0.4) is 0 Å². The van der Waals surface area contributed by atoms with E-state index in [2.05, 4.69) is 14.9 Å². The Labute approximate surface area is 264 Å². The highest BCUT2D eigenvalue weighted by Gasteiger charge is 2.31. The summed E-state index contributed by atoms with van der Waals surface area (Å²) in [4.78, 5) is 40.1. The standard InChI is InChI=1S/C34H42FN5O5/c1-7-40(22(2)3)32(41)26-17-24(35)11-12-29(26)44-30-18-36-21-37-31(30)38-15-13-25(14-16-38)43-28-10-8-9-23-19-39(20-27(23)28)33(42)45-34(4,5)6/h8-12,17-18,21-22,25H,7,13-16,19-20H2,1-6H3. The third kappa shape index (κ3) is 7.46. The molecule has 0 radical (unpaired) electrons. The van der Waals surface area contributed by atoms with E-state index in [1.165, 1.54) is 24.5 Å². The largest absolute Gasteiger partial charge is 0.490 e. The second-order valence-corrected chi connectivity index (χ2v) is 12.7. The van der Waals surface area contributed by atoms with Crippen molar-refractivity contribution in [3.8, 4) is 17.2 Å². The maximum Gasteiger partial charge on any atom is 0.410 e. The normalized spacial score (nSPS) is 15.2. The molecule has 3 heterocycles. The Morgan fingerprint density at radius 1 is 1.07 bits per heavy atom. The first-order valence-corrected chi connectivity index (χ1v) is 15.5. The fourth-order valence-corrected chi connectivity index (χ4v) is 5.72. The van der Waals surface area contributed by atoms with E-state index in [9.17, 15) is 14.0 Å². The zero-order valence-corrected chi connectivity index (χ0v) is 26.9. The number of aromatic nitrogens is 2. The van der Waals surface area contributed by atoms with Crippen LogP contribution in [-0.2, 0) is 17.8 Å². The van der Waals surface area contributed by atoms with Gasteiger partial charge < -0.3 is 24.0 Å². The van der Waals surface area contributed by atoms with Gasteiger partial charge in [0.2, 0.25) is 0 Å². The molecule has 2 aromatic carbocycles. The van der Waals surface area contributed by atoms with Gasteiger partial charge >= 0.3 is 6.09 Å². The molecule has 0 spiro atoms. The maximum absolute atomic E-state index is 14.3. The second-order valence-electron chi connectivity index (χ2n) is 12.7. The first-order chi connectivity index (χ1) is 21.4. The van der Waals surface area contributed by atoms with Gasteiger partial charge in [0.1, 0.15) is 35.3 Å². The highest BCUT2D eigenvalue weighted by Crippen LogP contribution is 2.36. The van der Waals surface area contributed by atoms with Gasteiger partial charge in [-0.25, -0.2) is 19.2 Å². The number of halogens is 1. The van der Waals surface area contributed by atoms with Crippen LogP contribution in [0, 0.1) is 5.82 Å². The predicted molar refractivity (Wildman–Crippen MR) is 168 cm³/mol. The summed E-state index contributed by atoms with van der Waals surface area (Å²) in [5.41, 5.74) is 1.66. The van der Waals surface area contributed by atoms with Gasteiger partial charge in [-0.1, -0.05) is 12.1 Å². The molecule has 2 aliphatic heterocycles. The van der Waals surface area contributed by atoms with Crippen molar-refractivity contribution in [2.75, 3.05) is 24.5 Å². The number of carbonyl (C=O) groups is 2. The molecule has 2 amide bonds. The number of carbonyl (C=O) groups excluding carboxylic acids is 2. The molecule has 11 heteroatoms. The average Bonchev–Trinajstić information content (AvgIpc) is 3.44. The lowest BCUT2D eigenvalue weighted by molar-refractivity contribution is 0.0240. The topological polar surface area (TPSA) is 97.3 Å². The van der Waals surface area contributed by atoms with Gasteiger partial charge in [-0.15, -0.1) is 0 Å². The van der Waals surface area contributed by atoms with Crippen LogP contribution in [0.1, 0.15) is 75.9 Å². The summed E-state index contributed by atoms with van der Waals surface area (Å²) in [6, 6.07) is 9.84. The molecule has 1 saturated heterocycles. The summed E-state index contributed by atoms with van der Waals surface area (Å²) < 4.78 is 32.6. The van der Waals surface area contributed by atoms with E-state index in [1.54, 1.807) is 16.0 Å². The monoisotopic (exact) mass is 619 g/mol. The highest BCUT2D eigenvalue weighted by atomic mass is 19.1. The lowest BCUT2D eigenvalue weighted by Gasteiger charge is -2.34. The van der Waals surface area contributed by atoms with Crippen LogP contribution >= 0.6 is 0 Å². The average molecular weight is 620 g/mol. The summed E-state index contributed by atoms with van der Waals surface area (Å²) in [5.74, 6) is 1.19. The van der Waals surface area contributed by atoms with E-state index in [-0.39, 0.29) is 35.5 Å². The SMILES string of the molecule is CCN(C(=O)c1cc(F)ccc1Oc1cncnc1N1CCC(Oc2cccc3c2CN(C(=O)OC(C)(C)C)C3)CC1)C(C)C. The van der Waals surface area contributed by atoms with E-state index in [0.29, 0.717) is 44.3 Å². The van der Waals surface area contributed by atoms with E-state index >= 15 is 0 Å². The minimum Gasteiger partial charge on any atom is -0.490 e. The van der Waals surface area contributed by atoms with Crippen LogP contribution in [0.4, 0.5) is 15.0 Å². The van der Waals surface area contributed by atoms with E-state index in [0.717, 1.165) is 29.7 Å². The maximum atomic E-state index is 14.3. The molecule has 5 rings (SSSR count). The van der Waals surface area contributed by atoms with Crippen LogP contribution in [0.25, 0.3) is 0 Å². The van der Waals surface area contributed by atoms with Crippen LogP contribution in [-0.4, -0.2) is 69.1 Å². The van der Waals surface area contributed by atoms with Crippen LogP contribution < -0.4 is 14.4 Å². The fourth-order valence-electron chi connectivity index (χ4n) is 5.72. The van der Waals surface area contributed by atoms with E-state index < -0.39 is 11.4 Å². The molecule has 10 nitrogen and oxygen atoms in total. The molecule has 1 fully saturated rings. The number of piperidine rings is 1. The summed E-state index contributed by atoms with van der Waals surface area (Å²) in [6.07, 6.45) is 4.15. The van der Waals surface area contributed by atoms with Gasteiger partial charge in [-0.05, 0) is 71.4 Å². The lowest BCUT2D eigenvalue weighted by atomic mass is 10.1. The van der Waals surface area contributed by atoms with Crippen molar-refractivity contribution in [1.29, 1.82) is 0 Å². The molecule has 3 aromatic rings. The number of rotatable bonds is 8. The fraction of sp³-hybridized carbons (Fsp3) is 0.471. The Hall–Kier alpha value is -4.41. The molecule has 0 N–H and O–H groups in total. The molecule has 0 unspecified atom stereocenters. The first-order valence-electron chi connectivity index (χ1n) is 15.5. The van der Waals surface area contributed by atoms with Crippen LogP contribution in [0.2, 0.25) is 0 Å². The number of fused-ring (bicyclic) bond motifs is 1. The number of anilines is 1. The Balaban J connectivity index is 1.26. The number of benzene rings is 2. The minimum absolute atomic E-state index is 0.0214. The van der Waals surface area contributed by atoms with Crippen molar-refractivity contribution in [1.82, 2.24) is 19.8 Å². The highest BCUT2D eigenvalue weighted by molar-refractivity contribution is 5.97. The lowest BCUT2D eigenvalue weighted by Crippen LogP contribution is -2.39. The molecular weight excluding hydrogens is 577 g/mol. The number of hydrogen-bond acceptors (Lipinski definition) is 8. The van der Waals surface area contributed by atoms with Crippen molar-refractivity contribution in [2.45, 2.75) is 85.2 Å². The summed E-state index contributed by atoms with van der Waals surface area (Å²) in [6.45, 7) is 14.0. The summed E-state index contributed by atoms with van der Waals surface area (Å²) in [7, 11) is 0. The molecule has 240 valence electrons. The second kappa shape index (κ2) is 13.3. The number of amides is 2. The summed E-state index contributed by atoms with van der Waals surface area (Å²) in [5, 5.41) is 0. The van der Waals surface area contributed by atoms with Gasteiger partial charge in [0.05, 0.1) is 18.3 Å². The quantitative estimate of drug-likeness (QED) is 0.279. The van der Waals surface area contributed by atoms with Gasteiger partial charge in [0, 0.05) is 50.6 Å².